The summed E-state index contributed by atoms with van der Waals surface area (Å²) >= 11 is 0. The fourth-order valence-corrected chi connectivity index (χ4v) is 2.46. The van der Waals surface area contributed by atoms with Gasteiger partial charge in [0, 0.05) is 31.0 Å². The number of hydrogen-bond donors (Lipinski definition) is 2. The second-order valence-electron chi connectivity index (χ2n) is 6.72. The Labute approximate surface area is 164 Å². The van der Waals surface area contributed by atoms with Gasteiger partial charge in [0.05, 0.1) is 16.6 Å². The van der Waals surface area contributed by atoms with E-state index < -0.39 is 17.6 Å². The number of aromatic nitrogens is 3. The number of anilines is 2. The van der Waals surface area contributed by atoms with Gasteiger partial charge in [0.2, 0.25) is 11.8 Å². The van der Waals surface area contributed by atoms with Crippen LogP contribution >= 0.6 is 0 Å². The third-order valence-electron chi connectivity index (χ3n) is 4.28. The highest BCUT2D eigenvalue weighted by molar-refractivity contribution is 5.94. The van der Waals surface area contributed by atoms with Crippen LogP contribution in [0.3, 0.4) is 0 Å². The highest BCUT2D eigenvalue weighted by atomic mass is 19.4. The van der Waals surface area contributed by atoms with Crippen molar-refractivity contribution in [2.75, 3.05) is 23.9 Å². The smallest absolute Gasteiger partial charge is 0.417 e. The van der Waals surface area contributed by atoms with Crippen LogP contribution in [0.2, 0.25) is 0 Å². The van der Waals surface area contributed by atoms with Crippen LogP contribution in [-0.2, 0) is 11.0 Å². The Morgan fingerprint density at radius 1 is 1.28 bits per heavy atom. The van der Waals surface area contributed by atoms with Gasteiger partial charge < -0.3 is 19.9 Å². The van der Waals surface area contributed by atoms with Crippen LogP contribution in [0.25, 0.3) is 11.0 Å². The van der Waals surface area contributed by atoms with Gasteiger partial charge >= 0.3 is 6.18 Å². The van der Waals surface area contributed by atoms with Gasteiger partial charge in [0.1, 0.15) is 0 Å². The predicted molar refractivity (Wildman–Crippen MR) is 103 cm³/mol. The number of imidazole rings is 1. The molecule has 29 heavy (non-hydrogen) atoms. The highest BCUT2D eigenvalue weighted by Gasteiger charge is 2.30. The molecule has 1 aromatic carbocycles. The Morgan fingerprint density at radius 2 is 2.03 bits per heavy atom. The number of aromatic amines is 1. The lowest BCUT2D eigenvalue weighted by Crippen LogP contribution is -2.26. The molecule has 2 aromatic heterocycles. The molecule has 0 aliphatic rings. The number of nitrogens with one attached hydrogen (secondary N) is 2. The molecule has 0 unspecified atom stereocenters. The second-order valence-corrected chi connectivity index (χ2v) is 6.72. The Bertz CT molecular complexity index is 999. The number of hydrogen-bond acceptors (Lipinski definition) is 5. The van der Waals surface area contributed by atoms with Crippen molar-refractivity contribution >= 4 is 28.6 Å². The van der Waals surface area contributed by atoms with E-state index in [1.54, 1.807) is 18.2 Å². The number of carbonyl (C=O) groups excluding carboxylic acids is 1. The van der Waals surface area contributed by atoms with Crippen molar-refractivity contribution in [2.45, 2.75) is 26.1 Å². The molecule has 154 valence electrons. The molecule has 0 saturated heterocycles. The van der Waals surface area contributed by atoms with Gasteiger partial charge in [-0.25, -0.2) is 9.97 Å². The molecule has 2 N–H and O–H groups in total. The number of fused-ring (bicyclic) bond motifs is 1. The summed E-state index contributed by atoms with van der Waals surface area (Å²) in [5, 5.41) is 2.67. The van der Waals surface area contributed by atoms with E-state index in [1.165, 1.54) is 0 Å². The maximum Gasteiger partial charge on any atom is 0.417 e. The minimum atomic E-state index is -4.47. The molecule has 0 saturated carbocycles. The lowest BCUT2D eigenvalue weighted by Gasteiger charge is -2.19. The minimum absolute atomic E-state index is 0.0708. The number of alkyl halides is 3. The molecule has 0 radical (unpaired) electrons. The van der Waals surface area contributed by atoms with Crippen LogP contribution in [0.5, 0.6) is 5.88 Å². The molecule has 3 rings (SSSR count). The Hall–Kier alpha value is -3.30. The van der Waals surface area contributed by atoms with Crippen molar-refractivity contribution in [2.24, 2.45) is 0 Å². The zero-order valence-corrected chi connectivity index (χ0v) is 16.0. The van der Waals surface area contributed by atoms with E-state index in [0.29, 0.717) is 11.9 Å². The van der Waals surface area contributed by atoms with E-state index in [9.17, 15) is 18.0 Å². The number of pyridine rings is 1. The summed E-state index contributed by atoms with van der Waals surface area (Å²) in [6.07, 6.45) is -3.82. The molecular weight excluding hydrogens is 387 g/mol. The third kappa shape index (κ3) is 4.95. The van der Waals surface area contributed by atoms with Crippen LogP contribution in [0.15, 0.2) is 36.5 Å². The fourth-order valence-electron chi connectivity index (χ4n) is 2.46. The predicted octanol–water partition coefficient (Wildman–Crippen LogP) is 3.84. The number of ether oxygens (including phenoxy) is 1. The lowest BCUT2D eigenvalue weighted by molar-refractivity contribution is -0.137. The average molecular weight is 407 g/mol. The van der Waals surface area contributed by atoms with Crippen LogP contribution < -0.4 is 15.0 Å². The summed E-state index contributed by atoms with van der Waals surface area (Å²) in [5.74, 6) is 0.179. The molecule has 1 amide bonds. The molecule has 0 aliphatic heterocycles. The second kappa shape index (κ2) is 7.98. The third-order valence-corrected chi connectivity index (χ3v) is 4.28. The lowest BCUT2D eigenvalue weighted by atomic mass is 10.3. The summed E-state index contributed by atoms with van der Waals surface area (Å²) in [6.45, 7) is 3.70. The maximum atomic E-state index is 12.5. The number of nitrogens with zero attached hydrogens (tertiary/aromatic N) is 3. The van der Waals surface area contributed by atoms with Crippen molar-refractivity contribution in [3.8, 4) is 5.88 Å². The van der Waals surface area contributed by atoms with Gasteiger partial charge in [-0.2, -0.15) is 13.2 Å². The minimum Gasteiger partial charge on any atom is -0.468 e. The van der Waals surface area contributed by atoms with Gasteiger partial charge in [-0.3, -0.25) is 4.79 Å². The summed E-state index contributed by atoms with van der Waals surface area (Å²) in [6, 6.07) is 7.41. The van der Waals surface area contributed by atoms with Crippen LogP contribution in [0, 0.1) is 0 Å². The summed E-state index contributed by atoms with van der Waals surface area (Å²) < 4.78 is 42.7. The SMILES string of the molecule is CC(C)N(C)c1nc2ccc(NC(=O)COc3ccc(C(F)(F)F)cn3)cc2[nH]1. The normalized spacial score (nSPS) is 11.7. The molecule has 10 heteroatoms. The van der Waals surface area contributed by atoms with Gasteiger partial charge in [-0.15, -0.1) is 0 Å². The quantitative estimate of drug-likeness (QED) is 0.649. The number of H-pyrrole nitrogens is 1. The summed E-state index contributed by atoms with van der Waals surface area (Å²) in [4.78, 5) is 25.3. The van der Waals surface area contributed by atoms with Crippen molar-refractivity contribution in [3.05, 3.63) is 42.1 Å². The number of benzene rings is 1. The van der Waals surface area contributed by atoms with Gasteiger partial charge in [0.15, 0.2) is 6.61 Å². The topological polar surface area (TPSA) is 83.1 Å². The Kier molecular flexibility index (Phi) is 5.62. The van der Waals surface area contributed by atoms with Crippen molar-refractivity contribution in [3.63, 3.8) is 0 Å². The van der Waals surface area contributed by atoms with Gasteiger partial charge in [0.25, 0.3) is 5.91 Å². The van der Waals surface area contributed by atoms with Crippen LogP contribution in [0.4, 0.5) is 24.8 Å². The molecule has 0 bridgehead atoms. The van der Waals surface area contributed by atoms with E-state index in [4.69, 9.17) is 4.74 Å². The molecule has 2 heterocycles. The van der Waals surface area contributed by atoms with Gasteiger partial charge in [-0.1, -0.05) is 0 Å². The van der Waals surface area contributed by atoms with Crippen LogP contribution in [0.1, 0.15) is 19.4 Å². The zero-order valence-electron chi connectivity index (χ0n) is 16.0. The van der Waals surface area contributed by atoms with E-state index in [-0.39, 0.29) is 18.5 Å². The van der Waals surface area contributed by atoms with Gasteiger partial charge in [-0.05, 0) is 38.1 Å². The Balaban J connectivity index is 1.61. The number of carbonyl (C=O) groups is 1. The standard InChI is InChI=1S/C19H20F3N5O2/c1-11(2)27(3)18-25-14-6-5-13(8-15(14)26-18)24-16(28)10-29-17-7-4-12(9-23-17)19(20,21)22/h4-9,11H,10H2,1-3H3,(H,24,28)(H,25,26). The zero-order chi connectivity index (χ0) is 21.2. The first-order valence-electron chi connectivity index (χ1n) is 8.82. The van der Waals surface area contributed by atoms with Crippen molar-refractivity contribution in [1.82, 2.24) is 15.0 Å². The molecule has 0 spiro atoms. The molecule has 3 aromatic rings. The maximum absolute atomic E-state index is 12.5. The largest absolute Gasteiger partial charge is 0.468 e. The summed E-state index contributed by atoms with van der Waals surface area (Å²) in [5.41, 5.74) is 1.17. The first-order chi connectivity index (χ1) is 13.6. The average Bonchev–Trinajstić information content (AvgIpc) is 3.08. The van der Waals surface area contributed by atoms with Crippen LogP contribution in [-0.4, -0.2) is 40.6 Å². The number of rotatable bonds is 6. The first kappa shape index (κ1) is 20.4. The number of amides is 1. The van der Waals surface area contributed by atoms with E-state index in [0.717, 1.165) is 29.1 Å². The van der Waals surface area contributed by atoms with Crippen molar-refractivity contribution < 1.29 is 22.7 Å². The summed E-state index contributed by atoms with van der Waals surface area (Å²) in [7, 11) is 1.93. The van der Waals surface area contributed by atoms with E-state index in [2.05, 4.69) is 20.3 Å². The van der Waals surface area contributed by atoms with E-state index >= 15 is 0 Å². The molecule has 7 nitrogen and oxygen atoms in total. The molecule has 0 fully saturated rings. The Morgan fingerprint density at radius 3 is 2.66 bits per heavy atom. The molecule has 0 atom stereocenters. The monoisotopic (exact) mass is 407 g/mol. The number of halogens is 3. The highest BCUT2D eigenvalue weighted by Crippen LogP contribution is 2.29. The van der Waals surface area contributed by atoms with Crippen molar-refractivity contribution in [1.29, 1.82) is 0 Å². The molecular formula is C19H20F3N5O2. The molecule has 0 aliphatic carbocycles. The first-order valence-corrected chi connectivity index (χ1v) is 8.82. The van der Waals surface area contributed by atoms with E-state index in [1.807, 2.05) is 25.8 Å². The fraction of sp³-hybridized carbons (Fsp3) is 0.316.